The molecular weight excluding hydrogens is 261 g/mol. The molecule has 1 heterocycles. The zero-order chi connectivity index (χ0) is 14.0. The number of nitrogens with zero attached hydrogens (tertiary/aromatic N) is 2. The topological polar surface area (TPSA) is 37.8 Å². The van der Waals surface area contributed by atoms with Crippen LogP contribution < -0.4 is 5.32 Å². The van der Waals surface area contributed by atoms with Crippen LogP contribution in [0.2, 0.25) is 0 Å². The Bertz CT molecular complexity index is 572. The number of aryl methyl sites for hydroxylation is 1. The van der Waals surface area contributed by atoms with Crippen LogP contribution in [0.3, 0.4) is 0 Å². The Kier molecular flexibility index (Phi) is 3.96. The van der Waals surface area contributed by atoms with Crippen LogP contribution in [0.4, 0.5) is 4.39 Å². The second-order valence-electron chi connectivity index (χ2n) is 5.59. The minimum Gasteiger partial charge on any atom is -0.306 e. The first-order chi connectivity index (χ1) is 8.85. The van der Waals surface area contributed by atoms with Gasteiger partial charge >= 0.3 is 0 Å². The summed E-state index contributed by atoms with van der Waals surface area (Å²) in [5, 5.41) is 13.0. The highest BCUT2D eigenvalue weighted by Crippen LogP contribution is 2.26. The third-order valence-corrected chi connectivity index (χ3v) is 3.55. The van der Waals surface area contributed by atoms with Crippen LogP contribution in [0.25, 0.3) is 10.6 Å². The maximum absolute atomic E-state index is 13.8. The maximum Gasteiger partial charge on any atom is 0.150 e. The monoisotopic (exact) mass is 279 g/mol. The van der Waals surface area contributed by atoms with Crippen molar-refractivity contribution in [1.29, 1.82) is 0 Å². The summed E-state index contributed by atoms with van der Waals surface area (Å²) in [5.41, 5.74) is 1.45. The van der Waals surface area contributed by atoms with E-state index in [1.54, 1.807) is 6.07 Å². The Balaban J connectivity index is 2.16. The fourth-order valence-corrected chi connectivity index (χ4v) is 2.37. The molecule has 5 heteroatoms. The van der Waals surface area contributed by atoms with Crippen molar-refractivity contribution in [3.8, 4) is 10.6 Å². The predicted octanol–water partition coefficient (Wildman–Crippen LogP) is 3.54. The van der Waals surface area contributed by atoms with Gasteiger partial charge in [0.2, 0.25) is 0 Å². The summed E-state index contributed by atoms with van der Waals surface area (Å²) in [6.07, 6.45) is 0. The van der Waals surface area contributed by atoms with Crippen LogP contribution in [0.1, 0.15) is 31.3 Å². The van der Waals surface area contributed by atoms with Gasteiger partial charge in [-0.3, -0.25) is 0 Å². The van der Waals surface area contributed by atoms with Crippen molar-refractivity contribution in [2.75, 3.05) is 0 Å². The summed E-state index contributed by atoms with van der Waals surface area (Å²) < 4.78 is 13.8. The fourth-order valence-electron chi connectivity index (χ4n) is 1.57. The van der Waals surface area contributed by atoms with E-state index >= 15 is 0 Å². The molecular formula is C14H18FN3S. The van der Waals surface area contributed by atoms with E-state index in [4.69, 9.17) is 0 Å². The molecule has 3 nitrogen and oxygen atoms in total. The number of halogens is 1. The zero-order valence-corrected chi connectivity index (χ0v) is 12.4. The van der Waals surface area contributed by atoms with Gasteiger partial charge in [0.05, 0.1) is 6.54 Å². The van der Waals surface area contributed by atoms with Crippen LogP contribution in [0.15, 0.2) is 18.2 Å². The molecule has 0 aliphatic rings. The average Bonchev–Trinajstić information content (AvgIpc) is 2.74. The largest absolute Gasteiger partial charge is 0.306 e. The Labute approximate surface area is 116 Å². The normalized spacial score (nSPS) is 11.8. The summed E-state index contributed by atoms with van der Waals surface area (Å²) in [7, 11) is 0. The lowest BCUT2D eigenvalue weighted by Gasteiger charge is -2.19. The summed E-state index contributed by atoms with van der Waals surface area (Å²) in [6.45, 7) is 8.79. The Morgan fingerprint density at radius 3 is 2.63 bits per heavy atom. The summed E-state index contributed by atoms with van der Waals surface area (Å²) in [4.78, 5) is 0. The number of nitrogens with one attached hydrogen (secondary N) is 1. The number of aromatic nitrogens is 2. The molecule has 0 fully saturated rings. The van der Waals surface area contributed by atoms with Crippen LogP contribution in [0.5, 0.6) is 0 Å². The van der Waals surface area contributed by atoms with Crippen molar-refractivity contribution in [3.05, 3.63) is 34.6 Å². The molecule has 2 rings (SSSR count). The molecule has 0 aliphatic carbocycles. The molecule has 0 aliphatic heterocycles. The molecule has 0 amide bonds. The molecule has 0 radical (unpaired) electrons. The van der Waals surface area contributed by atoms with Crippen molar-refractivity contribution in [1.82, 2.24) is 15.5 Å². The summed E-state index contributed by atoms with van der Waals surface area (Å²) >= 11 is 1.42. The molecule has 2 aromatic rings. The predicted molar refractivity (Wildman–Crippen MR) is 76.6 cm³/mol. The Morgan fingerprint density at radius 2 is 2.00 bits per heavy atom. The zero-order valence-electron chi connectivity index (χ0n) is 11.6. The molecule has 19 heavy (non-hydrogen) atoms. The smallest absolute Gasteiger partial charge is 0.150 e. The van der Waals surface area contributed by atoms with E-state index in [9.17, 15) is 4.39 Å². The van der Waals surface area contributed by atoms with E-state index in [2.05, 4.69) is 36.3 Å². The molecule has 0 atom stereocenters. The van der Waals surface area contributed by atoms with Gasteiger partial charge in [-0.2, -0.15) is 0 Å². The van der Waals surface area contributed by atoms with Crippen LogP contribution >= 0.6 is 11.3 Å². The van der Waals surface area contributed by atoms with E-state index in [1.165, 1.54) is 17.4 Å². The third kappa shape index (κ3) is 3.81. The van der Waals surface area contributed by atoms with Gasteiger partial charge in [0, 0.05) is 11.1 Å². The quantitative estimate of drug-likeness (QED) is 0.934. The number of rotatable bonds is 3. The van der Waals surface area contributed by atoms with Gasteiger partial charge in [-0.25, -0.2) is 4.39 Å². The van der Waals surface area contributed by atoms with Crippen molar-refractivity contribution >= 4 is 11.3 Å². The Hall–Kier alpha value is -1.33. The van der Waals surface area contributed by atoms with Gasteiger partial charge in [-0.15, -0.1) is 10.2 Å². The van der Waals surface area contributed by atoms with Crippen molar-refractivity contribution in [3.63, 3.8) is 0 Å². The molecule has 0 unspecified atom stereocenters. The van der Waals surface area contributed by atoms with Gasteiger partial charge < -0.3 is 5.32 Å². The van der Waals surface area contributed by atoms with Gasteiger partial charge in [0.1, 0.15) is 10.8 Å². The lowest BCUT2D eigenvalue weighted by Crippen LogP contribution is -2.35. The van der Waals surface area contributed by atoms with Crippen LogP contribution in [0, 0.1) is 12.7 Å². The first kappa shape index (κ1) is 14.1. The van der Waals surface area contributed by atoms with E-state index in [0.29, 0.717) is 17.1 Å². The van der Waals surface area contributed by atoms with E-state index in [0.717, 1.165) is 10.6 Å². The first-order valence-electron chi connectivity index (χ1n) is 6.19. The van der Waals surface area contributed by atoms with Crippen molar-refractivity contribution in [2.24, 2.45) is 0 Å². The van der Waals surface area contributed by atoms with Crippen LogP contribution in [-0.2, 0) is 6.54 Å². The summed E-state index contributed by atoms with van der Waals surface area (Å²) in [5.74, 6) is -0.244. The molecule has 1 aromatic carbocycles. The second-order valence-corrected chi connectivity index (χ2v) is 6.65. The lowest BCUT2D eigenvalue weighted by atomic mass is 10.1. The minimum absolute atomic E-state index is 0.0287. The second kappa shape index (κ2) is 5.35. The minimum atomic E-state index is -0.244. The SMILES string of the molecule is Cc1ccc(-c2nnc(CNC(C)(C)C)s2)c(F)c1. The molecule has 1 aromatic heterocycles. The molecule has 0 bridgehead atoms. The first-order valence-corrected chi connectivity index (χ1v) is 7.01. The molecule has 1 N–H and O–H groups in total. The third-order valence-electron chi connectivity index (χ3n) is 2.59. The Morgan fingerprint density at radius 1 is 1.26 bits per heavy atom. The van der Waals surface area contributed by atoms with Gasteiger partial charge in [-0.1, -0.05) is 17.4 Å². The van der Waals surface area contributed by atoms with Gasteiger partial charge in [0.15, 0.2) is 5.01 Å². The van der Waals surface area contributed by atoms with Gasteiger partial charge in [0.25, 0.3) is 0 Å². The molecule has 0 saturated carbocycles. The fraction of sp³-hybridized carbons (Fsp3) is 0.429. The molecule has 0 spiro atoms. The van der Waals surface area contributed by atoms with Gasteiger partial charge in [-0.05, 0) is 45.4 Å². The molecule has 0 saturated heterocycles. The van der Waals surface area contributed by atoms with E-state index in [-0.39, 0.29) is 11.4 Å². The number of benzene rings is 1. The highest BCUT2D eigenvalue weighted by molar-refractivity contribution is 7.14. The summed E-state index contributed by atoms with van der Waals surface area (Å²) in [6, 6.07) is 5.16. The number of hydrogen-bond acceptors (Lipinski definition) is 4. The highest BCUT2D eigenvalue weighted by atomic mass is 32.1. The average molecular weight is 279 g/mol. The van der Waals surface area contributed by atoms with Crippen molar-refractivity contribution in [2.45, 2.75) is 39.8 Å². The number of hydrogen-bond donors (Lipinski definition) is 1. The lowest BCUT2D eigenvalue weighted by molar-refractivity contribution is 0.423. The maximum atomic E-state index is 13.8. The van der Waals surface area contributed by atoms with E-state index in [1.807, 2.05) is 13.0 Å². The van der Waals surface area contributed by atoms with E-state index < -0.39 is 0 Å². The standard InChI is InChI=1S/C14H18FN3S/c1-9-5-6-10(11(15)7-9)13-18-17-12(19-13)8-16-14(2,3)4/h5-7,16H,8H2,1-4H3. The highest BCUT2D eigenvalue weighted by Gasteiger charge is 2.13. The van der Waals surface area contributed by atoms with Crippen molar-refractivity contribution < 1.29 is 4.39 Å². The van der Waals surface area contributed by atoms with Crippen LogP contribution in [-0.4, -0.2) is 15.7 Å². The molecule has 102 valence electrons.